The van der Waals surface area contributed by atoms with Crippen LogP contribution in [0.5, 0.6) is 0 Å². The fraction of sp³-hybridized carbons (Fsp3) is 0.667. The van der Waals surface area contributed by atoms with Crippen LogP contribution in [0.15, 0.2) is 22.8 Å². The Morgan fingerprint density at radius 2 is 2.06 bits per heavy atom. The standard InChI is InChI=1S/C15H22O3/c1-8-4-5-11(6-10(3)15(17)18)13-9(2)7-12(16)14(8)13/h6,8,11-12,14,16H,4-5,7H2,1-3H3,(H,17,18)/b10-6+/t8-,11+,12-,14+/m0/s1. The lowest BCUT2D eigenvalue weighted by Gasteiger charge is -2.35. The highest BCUT2D eigenvalue weighted by Gasteiger charge is 2.41. The van der Waals surface area contributed by atoms with Crippen LogP contribution >= 0.6 is 0 Å². The lowest BCUT2D eigenvalue weighted by Crippen LogP contribution is -2.30. The number of hydrogen-bond donors (Lipinski definition) is 2. The van der Waals surface area contributed by atoms with Crippen LogP contribution in [0.3, 0.4) is 0 Å². The highest BCUT2D eigenvalue weighted by atomic mass is 16.4. The van der Waals surface area contributed by atoms with Crippen LogP contribution in [0.4, 0.5) is 0 Å². The largest absolute Gasteiger partial charge is 0.478 e. The molecule has 0 aliphatic heterocycles. The topological polar surface area (TPSA) is 57.5 Å². The second-order valence-electron chi connectivity index (χ2n) is 5.85. The lowest BCUT2D eigenvalue weighted by atomic mass is 9.70. The first kappa shape index (κ1) is 13.3. The molecule has 0 amide bonds. The lowest BCUT2D eigenvalue weighted by molar-refractivity contribution is -0.132. The quantitative estimate of drug-likeness (QED) is 0.585. The molecule has 2 rings (SSSR count). The molecule has 0 aromatic carbocycles. The summed E-state index contributed by atoms with van der Waals surface area (Å²) < 4.78 is 0. The summed E-state index contributed by atoms with van der Waals surface area (Å²) in [7, 11) is 0. The van der Waals surface area contributed by atoms with Gasteiger partial charge in [-0.3, -0.25) is 0 Å². The predicted octanol–water partition coefficient (Wildman–Crippen LogP) is 2.76. The molecule has 2 N–H and O–H groups in total. The molecule has 18 heavy (non-hydrogen) atoms. The molecule has 0 aromatic rings. The monoisotopic (exact) mass is 250 g/mol. The average Bonchev–Trinajstić information content (AvgIpc) is 2.59. The zero-order valence-corrected chi connectivity index (χ0v) is 11.3. The van der Waals surface area contributed by atoms with Gasteiger partial charge in [0.15, 0.2) is 0 Å². The molecular formula is C15H22O3. The number of carbonyl (C=O) groups is 1. The van der Waals surface area contributed by atoms with E-state index in [0.717, 1.165) is 19.3 Å². The fourth-order valence-corrected chi connectivity index (χ4v) is 3.62. The highest BCUT2D eigenvalue weighted by Crippen LogP contribution is 2.48. The third-order valence-corrected chi connectivity index (χ3v) is 4.52. The van der Waals surface area contributed by atoms with Crippen molar-refractivity contribution in [1.82, 2.24) is 0 Å². The average molecular weight is 250 g/mol. The van der Waals surface area contributed by atoms with Crippen molar-refractivity contribution >= 4 is 5.97 Å². The maximum atomic E-state index is 10.9. The van der Waals surface area contributed by atoms with Gasteiger partial charge >= 0.3 is 5.97 Å². The van der Waals surface area contributed by atoms with Crippen LogP contribution in [0.1, 0.15) is 40.0 Å². The summed E-state index contributed by atoms with van der Waals surface area (Å²) in [6.45, 7) is 5.92. The minimum absolute atomic E-state index is 0.208. The maximum Gasteiger partial charge on any atom is 0.330 e. The van der Waals surface area contributed by atoms with Gasteiger partial charge in [-0.25, -0.2) is 4.79 Å². The zero-order chi connectivity index (χ0) is 13.4. The van der Waals surface area contributed by atoms with Crippen molar-refractivity contribution < 1.29 is 15.0 Å². The predicted molar refractivity (Wildman–Crippen MR) is 70.1 cm³/mol. The Bertz CT molecular complexity index is 419. The Labute approximate surface area is 108 Å². The number of carboxylic acid groups (broad SMARTS) is 1. The summed E-state index contributed by atoms with van der Waals surface area (Å²) >= 11 is 0. The minimum atomic E-state index is -0.845. The minimum Gasteiger partial charge on any atom is -0.478 e. The van der Waals surface area contributed by atoms with Gasteiger partial charge in [-0.1, -0.05) is 24.1 Å². The van der Waals surface area contributed by atoms with Gasteiger partial charge in [0.05, 0.1) is 6.10 Å². The second-order valence-corrected chi connectivity index (χ2v) is 5.85. The Hall–Kier alpha value is -1.09. The van der Waals surface area contributed by atoms with E-state index in [-0.39, 0.29) is 17.9 Å². The van der Waals surface area contributed by atoms with Crippen molar-refractivity contribution in [1.29, 1.82) is 0 Å². The molecule has 2 aliphatic rings. The number of aliphatic hydroxyl groups excluding tert-OH is 1. The highest BCUT2D eigenvalue weighted by molar-refractivity contribution is 5.85. The molecule has 3 heteroatoms. The van der Waals surface area contributed by atoms with Gasteiger partial charge < -0.3 is 10.2 Å². The molecule has 1 fully saturated rings. The van der Waals surface area contributed by atoms with Gasteiger partial charge in [0.25, 0.3) is 0 Å². The molecule has 0 radical (unpaired) electrons. The summed E-state index contributed by atoms with van der Waals surface area (Å²) in [5, 5.41) is 19.1. The van der Waals surface area contributed by atoms with Crippen molar-refractivity contribution in [2.24, 2.45) is 17.8 Å². The second kappa shape index (κ2) is 4.88. The van der Waals surface area contributed by atoms with Gasteiger partial charge in [0.1, 0.15) is 0 Å². The van der Waals surface area contributed by atoms with Gasteiger partial charge in [-0.05, 0) is 44.9 Å². The Balaban J connectivity index is 2.31. The van der Waals surface area contributed by atoms with E-state index < -0.39 is 5.97 Å². The Morgan fingerprint density at radius 1 is 1.39 bits per heavy atom. The van der Waals surface area contributed by atoms with Crippen LogP contribution in [-0.4, -0.2) is 22.3 Å². The third-order valence-electron chi connectivity index (χ3n) is 4.52. The number of carboxylic acids is 1. The molecular weight excluding hydrogens is 228 g/mol. The van der Waals surface area contributed by atoms with Crippen molar-refractivity contribution in [2.45, 2.75) is 46.1 Å². The number of allylic oxidation sites excluding steroid dienone is 1. The number of aliphatic hydroxyl groups is 1. The smallest absolute Gasteiger partial charge is 0.330 e. The SMILES string of the molecule is CC1=C2[C@H]([C@@H](C)CC[C@@H]2/C=C(\C)C(=O)O)[C@@H](O)C1. The molecule has 0 bridgehead atoms. The first-order valence-electron chi connectivity index (χ1n) is 6.71. The molecule has 0 saturated heterocycles. The molecule has 0 spiro atoms. The van der Waals surface area contributed by atoms with Crippen molar-refractivity contribution in [2.75, 3.05) is 0 Å². The molecule has 1 saturated carbocycles. The summed E-state index contributed by atoms with van der Waals surface area (Å²) in [6, 6.07) is 0. The van der Waals surface area contributed by atoms with E-state index >= 15 is 0 Å². The summed E-state index contributed by atoms with van der Waals surface area (Å²) in [4.78, 5) is 10.9. The molecule has 3 nitrogen and oxygen atoms in total. The van der Waals surface area contributed by atoms with E-state index in [9.17, 15) is 9.90 Å². The normalized spacial score (nSPS) is 36.8. The van der Waals surface area contributed by atoms with Crippen molar-refractivity contribution in [3.63, 3.8) is 0 Å². The molecule has 0 heterocycles. The van der Waals surface area contributed by atoms with Gasteiger partial charge in [-0.2, -0.15) is 0 Å². The van der Waals surface area contributed by atoms with E-state index in [4.69, 9.17) is 5.11 Å². The van der Waals surface area contributed by atoms with Crippen molar-refractivity contribution in [3.8, 4) is 0 Å². The van der Waals surface area contributed by atoms with Crippen molar-refractivity contribution in [3.05, 3.63) is 22.8 Å². The van der Waals surface area contributed by atoms with E-state index in [1.54, 1.807) is 6.92 Å². The first-order chi connectivity index (χ1) is 8.41. The molecule has 0 aromatic heterocycles. The molecule has 4 atom stereocenters. The summed E-state index contributed by atoms with van der Waals surface area (Å²) in [5.74, 6) is 0.102. The van der Waals surface area contributed by atoms with Crippen LogP contribution in [-0.2, 0) is 4.79 Å². The zero-order valence-electron chi connectivity index (χ0n) is 11.3. The van der Waals surface area contributed by atoms with E-state index in [1.807, 2.05) is 6.08 Å². The van der Waals surface area contributed by atoms with E-state index in [1.165, 1.54) is 11.1 Å². The fourth-order valence-electron chi connectivity index (χ4n) is 3.62. The van der Waals surface area contributed by atoms with Crippen LogP contribution in [0.2, 0.25) is 0 Å². The summed E-state index contributed by atoms with van der Waals surface area (Å²) in [6.07, 6.45) is 4.42. The first-order valence-corrected chi connectivity index (χ1v) is 6.71. The van der Waals surface area contributed by atoms with Gasteiger partial charge in [-0.15, -0.1) is 0 Å². The molecule has 2 aliphatic carbocycles. The number of aliphatic carboxylic acids is 1. The maximum absolute atomic E-state index is 10.9. The van der Waals surface area contributed by atoms with Gasteiger partial charge in [0.2, 0.25) is 0 Å². The van der Waals surface area contributed by atoms with E-state index in [2.05, 4.69) is 13.8 Å². The Morgan fingerprint density at radius 3 is 2.67 bits per heavy atom. The summed E-state index contributed by atoms with van der Waals surface area (Å²) in [5.41, 5.74) is 2.98. The molecule has 100 valence electrons. The third kappa shape index (κ3) is 2.24. The van der Waals surface area contributed by atoms with Crippen LogP contribution in [0.25, 0.3) is 0 Å². The van der Waals surface area contributed by atoms with Crippen LogP contribution < -0.4 is 0 Å². The van der Waals surface area contributed by atoms with Gasteiger partial charge in [0, 0.05) is 11.5 Å². The number of rotatable bonds is 2. The van der Waals surface area contributed by atoms with E-state index in [0.29, 0.717) is 11.5 Å². The van der Waals surface area contributed by atoms with Crippen LogP contribution in [0, 0.1) is 17.8 Å². The Kier molecular flexibility index (Phi) is 3.62. The molecule has 0 unspecified atom stereocenters. The number of fused-ring (bicyclic) bond motifs is 1. The number of hydrogen-bond acceptors (Lipinski definition) is 2.